The Morgan fingerprint density at radius 3 is 2.80 bits per heavy atom. The van der Waals surface area contributed by atoms with E-state index < -0.39 is 0 Å². The van der Waals surface area contributed by atoms with Crippen molar-refractivity contribution in [3.63, 3.8) is 0 Å². The predicted molar refractivity (Wildman–Crippen MR) is 84.3 cm³/mol. The van der Waals surface area contributed by atoms with Gasteiger partial charge in [0, 0.05) is 36.4 Å². The van der Waals surface area contributed by atoms with Crippen LogP contribution >= 0.6 is 15.9 Å². The van der Waals surface area contributed by atoms with E-state index in [1.165, 1.54) is 22.5 Å². The standard InChI is InChI=1S/C16H14BrFN2/c1-20-10-11(13-4-2-3-5-16(13)20)9-19-12-6-7-15(18)14(17)8-12/h2-8,10,19H,9H2,1H3. The Balaban J connectivity index is 1.85. The highest BCUT2D eigenvalue weighted by molar-refractivity contribution is 9.10. The van der Waals surface area contributed by atoms with Crippen molar-refractivity contribution in [3.8, 4) is 0 Å². The molecule has 20 heavy (non-hydrogen) atoms. The van der Waals surface area contributed by atoms with Crippen LogP contribution in [0.15, 0.2) is 53.1 Å². The summed E-state index contributed by atoms with van der Waals surface area (Å²) in [6.45, 7) is 0.708. The molecule has 0 radical (unpaired) electrons. The van der Waals surface area contributed by atoms with Gasteiger partial charge < -0.3 is 9.88 Å². The maximum atomic E-state index is 13.2. The highest BCUT2D eigenvalue weighted by atomic mass is 79.9. The molecule has 0 spiro atoms. The third-order valence-electron chi connectivity index (χ3n) is 3.38. The molecule has 1 heterocycles. The second kappa shape index (κ2) is 5.29. The number of anilines is 1. The van der Waals surface area contributed by atoms with Crippen LogP contribution in [0.4, 0.5) is 10.1 Å². The minimum Gasteiger partial charge on any atom is -0.381 e. The molecule has 0 aliphatic carbocycles. The lowest BCUT2D eigenvalue weighted by Crippen LogP contribution is -1.99. The smallest absolute Gasteiger partial charge is 0.137 e. The van der Waals surface area contributed by atoms with E-state index >= 15 is 0 Å². The van der Waals surface area contributed by atoms with E-state index in [9.17, 15) is 4.39 Å². The van der Waals surface area contributed by atoms with E-state index in [1.807, 2.05) is 19.2 Å². The van der Waals surface area contributed by atoms with Crippen molar-refractivity contribution in [2.75, 3.05) is 5.32 Å². The fraction of sp³-hybridized carbons (Fsp3) is 0.125. The Hall–Kier alpha value is -1.81. The molecule has 0 amide bonds. The van der Waals surface area contributed by atoms with Gasteiger partial charge in [0.1, 0.15) is 5.82 Å². The van der Waals surface area contributed by atoms with Crippen LogP contribution in [0.5, 0.6) is 0 Å². The number of para-hydroxylation sites is 1. The molecule has 0 atom stereocenters. The molecule has 4 heteroatoms. The summed E-state index contributed by atoms with van der Waals surface area (Å²) in [7, 11) is 2.04. The maximum absolute atomic E-state index is 13.2. The highest BCUT2D eigenvalue weighted by Crippen LogP contribution is 2.23. The van der Waals surface area contributed by atoms with Crippen molar-refractivity contribution in [1.82, 2.24) is 4.57 Å². The van der Waals surface area contributed by atoms with Crippen LogP contribution in [0.2, 0.25) is 0 Å². The van der Waals surface area contributed by atoms with Gasteiger partial charge in [0.05, 0.1) is 4.47 Å². The molecule has 3 rings (SSSR count). The lowest BCUT2D eigenvalue weighted by atomic mass is 10.2. The summed E-state index contributed by atoms with van der Waals surface area (Å²) in [6, 6.07) is 13.2. The number of halogens is 2. The third kappa shape index (κ3) is 2.43. The molecular weight excluding hydrogens is 319 g/mol. The van der Waals surface area contributed by atoms with Gasteiger partial charge in [-0.15, -0.1) is 0 Å². The van der Waals surface area contributed by atoms with Gasteiger partial charge >= 0.3 is 0 Å². The molecule has 2 aromatic carbocycles. The monoisotopic (exact) mass is 332 g/mol. The Kier molecular flexibility index (Phi) is 3.49. The van der Waals surface area contributed by atoms with Gasteiger partial charge in [0.15, 0.2) is 0 Å². The first-order valence-electron chi connectivity index (χ1n) is 6.37. The van der Waals surface area contributed by atoms with Crippen molar-refractivity contribution in [1.29, 1.82) is 0 Å². The van der Waals surface area contributed by atoms with Crippen LogP contribution in [0.25, 0.3) is 10.9 Å². The molecule has 0 saturated carbocycles. The van der Waals surface area contributed by atoms with E-state index in [1.54, 1.807) is 12.1 Å². The molecule has 1 N–H and O–H groups in total. The van der Waals surface area contributed by atoms with Crippen molar-refractivity contribution >= 4 is 32.5 Å². The number of benzene rings is 2. The Morgan fingerprint density at radius 2 is 2.00 bits per heavy atom. The highest BCUT2D eigenvalue weighted by Gasteiger charge is 2.06. The van der Waals surface area contributed by atoms with Crippen molar-refractivity contribution < 1.29 is 4.39 Å². The minimum atomic E-state index is -0.249. The third-order valence-corrected chi connectivity index (χ3v) is 3.99. The molecule has 0 saturated heterocycles. The van der Waals surface area contributed by atoms with Gasteiger partial charge in [0.25, 0.3) is 0 Å². The number of aromatic nitrogens is 1. The molecule has 0 fully saturated rings. The summed E-state index contributed by atoms with van der Waals surface area (Å²) in [5.74, 6) is -0.249. The fourth-order valence-corrected chi connectivity index (χ4v) is 2.75. The summed E-state index contributed by atoms with van der Waals surface area (Å²) in [6.07, 6.45) is 2.12. The Labute approximate surface area is 125 Å². The lowest BCUT2D eigenvalue weighted by Gasteiger charge is -2.06. The molecule has 0 aliphatic heterocycles. The maximum Gasteiger partial charge on any atom is 0.137 e. The van der Waals surface area contributed by atoms with Crippen molar-refractivity contribution in [2.45, 2.75) is 6.54 Å². The zero-order valence-corrected chi connectivity index (χ0v) is 12.6. The zero-order valence-electron chi connectivity index (χ0n) is 11.0. The molecule has 2 nitrogen and oxygen atoms in total. The van der Waals surface area contributed by atoms with E-state index in [4.69, 9.17) is 0 Å². The lowest BCUT2D eigenvalue weighted by molar-refractivity contribution is 0.621. The first kappa shape index (κ1) is 13.2. The number of nitrogens with zero attached hydrogens (tertiary/aromatic N) is 1. The van der Waals surface area contributed by atoms with E-state index in [2.05, 4.69) is 44.1 Å². The first-order chi connectivity index (χ1) is 9.65. The molecule has 0 aliphatic rings. The van der Waals surface area contributed by atoms with Gasteiger partial charge in [-0.2, -0.15) is 0 Å². The summed E-state index contributed by atoms with van der Waals surface area (Å²) in [5.41, 5.74) is 3.33. The number of aryl methyl sites for hydroxylation is 1. The number of fused-ring (bicyclic) bond motifs is 1. The second-order valence-electron chi connectivity index (χ2n) is 4.76. The van der Waals surface area contributed by atoms with Gasteiger partial charge in [-0.05, 0) is 45.8 Å². The van der Waals surface area contributed by atoms with Crippen LogP contribution in [0, 0.1) is 5.82 Å². The molecule has 0 bridgehead atoms. The molecule has 0 unspecified atom stereocenters. The minimum absolute atomic E-state index is 0.249. The molecule has 3 aromatic rings. The average molecular weight is 333 g/mol. The largest absolute Gasteiger partial charge is 0.381 e. The van der Waals surface area contributed by atoms with Crippen LogP contribution < -0.4 is 5.32 Å². The summed E-state index contributed by atoms with van der Waals surface area (Å²) in [5, 5.41) is 4.56. The van der Waals surface area contributed by atoms with Crippen LogP contribution in [-0.4, -0.2) is 4.57 Å². The number of hydrogen-bond acceptors (Lipinski definition) is 1. The number of rotatable bonds is 3. The molecule has 1 aromatic heterocycles. The quantitative estimate of drug-likeness (QED) is 0.736. The van der Waals surface area contributed by atoms with Crippen LogP contribution in [-0.2, 0) is 13.6 Å². The summed E-state index contributed by atoms with van der Waals surface area (Å²) < 4.78 is 15.8. The summed E-state index contributed by atoms with van der Waals surface area (Å²) >= 11 is 3.20. The SMILES string of the molecule is Cn1cc(CNc2ccc(F)c(Br)c2)c2ccccc21. The van der Waals surface area contributed by atoms with Gasteiger partial charge in [-0.25, -0.2) is 4.39 Å². The first-order valence-corrected chi connectivity index (χ1v) is 7.16. The van der Waals surface area contributed by atoms with Crippen LogP contribution in [0.1, 0.15) is 5.56 Å². The predicted octanol–water partition coefficient (Wildman–Crippen LogP) is 4.69. The number of nitrogens with one attached hydrogen (secondary N) is 1. The number of hydrogen-bond donors (Lipinski definition) is 1. The topological polar surface area (TPSA) is 17.0 Å². The van der Waals surface area contributed by atoms with E-state index in [0.29, 0.717) is 11.0 Å². The summed E-state index contributed by atoms with van der Waals surface area (Å²) in [4.78, 5) is 0. The second-order valence-corrected chi connectivity index (χ2v) is 5.62. The normalized spacial score (nSPS) is 10.9. The van der Waals surface area contributed by atoms with E-state index in [0.717, 1.165) is 5.69 Å². The van der Waals surface area contributed by atoms with Gasteiger partial charge in [0.2, 0.25) is 0 Å². The van der Waals surface area contributed by atoms with Crippen molar-refractivity contribution in [3.05, 3.63) is 64.5 Å². The Bertz CT molecular complexity index is 764. The van der Waals surface area contributed by atoms with E-state index in [-0.39, 0.29) is 5.82 Å². The molecule has 102 valence electrons. The average Bonchev–Trinajstić information content (AvgIpc) is 2.78. The van der Waals surface area contributed by atoms with Crippen molar-refractivity contribution in [2.24, 2.45) is 7.05 Å². The fourth-order valence-electron chi connectivity index (χ4n) is 2.37. The Morgan fingerprint density at radius 1 is 1.20 bits per heavy atom. The molecular formula is C16H14BrFN2. The zero-order chi connectivity index (χ0) is 14.1. The van der Waals surface area contributed by atoms with Gasteiger partial charge in [-0.3, -0.25) is 0 Å². The van der Waals surface area contributed by atoms with Crippen LogP contribution in [0.3, 0.4) is 0 Å². The van der Waals surface area contributed by atoms with Gasteiger partial charge in [-0.1, -0.05) is 18.2 Å².